The lowest BCUT2D eigenvalue weighted by atomic mass is 9.73. The number of carboxylic acids is 1. The molecule has 1 amide bonds. The standard InChI is InChI=1S/C23H33NO5/c1-17(24-23(28)29-16-18-10-4-2-5-11-18)22(27)20-14-9-8-13-19(20)12-6-3-7-15-21(25)26/h2,4-5,10-11,17,19-20H,3,6-9,12-16H2,1H3,(H,24,28)(H,25,26)/t17-,19?,20-/m1/s1. The topological polar surface area (TPSA) is 92.7 Å². The van der Waals surface area contributed by atoms with Crippen LogP contribution in [-0.4, -0.2) is 29.0 Å². The van der Waals surface area contributed by atoms with Crippen molar-refractivity contribution in [3.8, 4) is 0 Å². The van der Waals surface area contributed by atoms with Crippen LogP contribution in [0.4, 0.5) is 4.79 Å². The summed E-state index contributed by atoms with van der Waals surface area (Å²) in [4.78, 5) is 35.6. The minimum Gasteiger partial charge on any atom is -0.481 e. The van der Waals surface area contributed by atoms with Crippen molar-refractivity contribution in [2.24, 2.45) is 11.8 Å². The van der Waals surface area contributed by atoms with Gasteiger partial charge in [0, 0.05) is 12.3 Å². The number of amides is 1. The van der Waals surface area contributed by atoms with E-state index in [0.717, 1.165) is 50.5 Å². The molecule has 1 aliphatic carbocycles. The van der Waals surface area contributed by atoms with Crippen molar-refractivity contribution in [3.05, 3.63) is 35.9 Å². The largest absolute Gasteiger partial charge is 0.481 e. The number of unbranched alkanes of at least 4 members (excludes halogenated alkanes) is 2. The van der Waals surface area contributed by atoms with Gasteiger partial charge < -0.3 is 15.2 Å². The second-order valence-electron chi connectivity index (χ2n) is 7.97. The molecule has 0 saturated heterocycles. The number of nitrogens with one attached hydrogen (secondary N) is 1. The van der Waals surface area contributed by atoms with E-state index in [4.69, 9.17) is 9.84 Å². The number of alkyl carbamates (subject to hydrolysis) is 1. The molecular formula is C23H33NO5. The highest BCUT2D eigenvalue weighted by Crippen LogP contribution is 2.35. The van der Waals surface area contributed by atoms with Crippen molar-refractivity contribution in [1.29, 1.82) is 0 Å². The molecule has 3 atom stereocenters. The van der Waals surface area contributed by atoms with Crippen LogP contribution in [0.3, 0.4) is 0 Å². The number of ether oxygens (including phenoxy) is 1. The number of aliphatic carboxylic acids is 1. The van der Waals surface area contributed by atoms with Gasteiger partial charge in [-0.2, -0.15) is 0 Å². The van der Waals surface area contributed by atoms with Crippen LogP contribution < -0.4 is 5.32 Å². The SMILES string of the molecule is C[C@@H](NC(=O)OCc1ccccc1)C(=O)[C@@H]1CCCCC1CCCCCC(=O)O. The minimum atomic E-state index is -0.755. The molecule has 1 fully saturated rings. The molecule has 6 nitrogen and oxygen atoms in total. The third kappa shape index (κ3) is 8.26. The molecule has 160 valence electrons. The summed E-state index contributed by atoms with van der Waals surface area (Å²) in [6, 6.07) is 8.85. The second kappa shape index (κ2) is 12.2. The third-order valence-corrected chi connectivity index (χ3v) is 5.71. The Hall–Kier alpha value is -2.37. The van der Waals surface area contributed by atoms with E-state index in [1.165, 1.54) is 0 Å². The van der Waals surface area contributed by atoms with Crippen molar-refractivity contribution in [2.45, 2.75) is 77.4 Å². The molecule has 0 bridgehead atoms. The molecule has 0 aromatic heterocycles. The molecule has 2 rings (SSSR count). The number of rotatable bonds is 11. The van der Waals surface area contributed by atoms with E-state index in [-0.39, 0.29) is 24.7 Å². The predicted molar refractivity (Wildman–Crippen MR) is 110 cm³/mol. The highest BCUT2D eigenvalue weighted by Gasteiger charge is 2.33. The molecule has 29 heavy (non-hydrogen) atoms. The van der Waals surface area contributed by atoms with Gasteiger partial charge in [-0.15, -0.1) is 0 Å². The Morgan fingerprint density at radius 3 is 2.55 bits per heavy atom. The molecule has 1 unspecified atom stereocenters. The lowest BCUT2D eigenvalue weighted by Crippen LogP contribution is -2.44. The van der Waals surface area contributed by atoms with Crippen LogP contribution in [0.15, 0.2) is 30.3 Å². The minimum absolute atomic E-state index is 0.0346. The summed E-state index contributed by atoms with van der Waals surface area (Å²) in [7, 11) is 0. The molecule has 6 heteroatoms. The maximum atomic E-state index is 12.9. The van der Waals surface area contributed by atoms with Crippen molar-refractivity contribution in [1.82, 2.24) is 5.32 Å². The van der Waals surface area contributed by atoms with Gasteiger partial charge in [-0.1, -0.05) is 56.0 Å². The van der Waals surface area contributed by atoms with Gasteiger partial charge in [0.2, 0.25) is 0 Å². The highest BCUT2D eigenvalue weighted by atomic mass is 16.5. The molecule has 1 aromatic rings. The van der Waals surface area contributed by atoms with Crippen molar-refractivity contribution in [3.63, 3.8) is 0 Å². The van der Waals surface area contributed by atoms with Crippen molar-refractivity contribution < 1.29 is 24.2 Å². The van der Waals surface area contributed by atoms with Gasteiger partial charge in [0.25, 0.3) is 0 Å². The molecule has 0 spiro atoms. The Balaban J connectivity index is 1.77. The summed E-state index contributed by atoms with van der Waals surface area (Å²) in [6.07, 6.45) is 7.15. The molecule has 0 radical (unpaired) electrons. The number of ketones is 1. The Kier molecular flexibility index (Phi) is 9.68. The van der Waals surface area contributed by atoms with Crippen LogP contribution in [-0.2, 0) is 20.9 Å². The summed E-state index contributed by atoms with van der Waals surface area (Å²) in [5, 5.41) is 11.4. The lowest BCUT2D eigenvalue weighted by molar-refractivity contribution is -0.137. The van der Waals surface area contributed by atoms with Crippen LogP contribution in [0.5, 0.6) is 0 Å². The van der Waals surface area contributed by atoms with E-state index in [2.05, 4.69) is 5.32 Å². The molecule has 1 saturated carbocycles. The summed E-state index contributed by atoms with van der Waals surface area (Å²) in [6.45, 7) is 1.90. The number of hydrogen-bond donors (Lipinski definition) is 2. The molecule has 0 heterocycles. The highest BCUT2D eigenvalue weighted by molar-refractivity contribution is 5.89. The predicted octanol–water partition coefficient (Wildman–Crippen LogP) is 4.71. The van der Waals surface area contributed by atoms with Gasteiger partial charge in [0.05, 0.1) is 6.04 Å². The lowest BCUT2D eigenvalue weighted by Gasteiger charge is -2.32. The number of carbonyl (C=O) groups excluding carboxylic acids is 2. The van der Waals surface area contributed by atoms with Gasteiger partial charge in [-0.25, -0.2) is 4.79 Å². The van der Waals surface area contributed by atoms with Gasteiger partial charge in [0.15, 0.2) is 5.78 Å². The molecule has 1 aliphatic rings. The maximum absolute atomic E-state index is 12.9. The number of hydrogen-bond acceptors (Lipinski definition) is 4. The van der Waals surface area contributed by atoms with Gasteiger partial charge in [0.1, 0.15) is 6.61 Å². The molecular weight excluding hydrogens is 370 g/mol. The fourth-order valence-electron chi connectivity index (χ4n) is 4.12. The van der Waals surface area contributed by atoms with E-state index in [0.29, 0.717) is 12.3 Å². The van der Waals surface area contributed by atoms with E-state index in [1.807, 2.05) is 30.3 Å². The van der Waals surface area contributed by atoms with Crippen LogP contribution in [0.25, 0.3) is 0 Å². The Morgan fingerprint density at radius 1 is 1.10 bits per heavy atom. The number of carboxylic acid groups (broad SMARTS) is 1. The first-order valence-electron chi connectivity index (χ1n) is 10.7. The van der Waals surface area contributed by atoms with Gasteiger partial charge >= 0.3 is 12.1 Å². The average Bonchev–Trinajstić information content (AvgIpc) is 2.72. The summed E-state index contributed by atoms with van der Waals surface area (Å²) in [5.74, 6) is -0.384. The summed E-state index contributed by atoms with van der Waals surface area (Å²) < 4.78 is 5.22. The zero-order chi connectivity index (χ0) is 21.1. The second-order valence-corrected chi connectivity index (χ2v) is 7.97. The number of carbonyl (C=O) groups is 3. The number of benzene rings is 1. The van der Waals surface area contributed by atoms with Gasteiger partial charge in [-0.05, 0) is 44.1 Å². The molecule has 2 N–H and O–H groups in total. The molecule has 0 aliphatic heterocycles. The monoisotopic (exact) mass is 403 g/mol. The number of Topliss-reactive ketones (excluding diaryl/α,β-unsaturated/α-hetero) is 1. The average molecular weight is 404 g/mol. The van der Waals surface area contributed by atoms with E-state index < -0.39 is 18.1 Å². The van der Waals surface area contributed by atoms with Crippen molar-refractivity contribution >= 4 is 17.8 Å². The Labute approximate surface area is 173 Å². The van der Waals surface area contributed by atoms with E-state index >= 15 is 0 Å². The van der Waals surface area contributed by atoms with Crippen LogP contribution in [0.1, 0.15) is 70.3 Å². The van der Waals surface area contributed by atoms with Gasteiger partial charge in [-0.3, -0.25) is 9.59 Å². The van der Waals surface area contributed by atoms with Crippen LogP contribution in [0.2, 0.25) is 0 Å². The van der Waals surface area contributed by atoms with Crippen LogP contribution >= 0.6 is 0 Å². The van der Waals surface area contributed by atoms with E-state index in [9.17, 15) is 14.4 Å². The first kappa shape index (κ1) is 22.9. The zero-order valence-electron chi connectivity index (χ0n) is 17.3. The van der Waals surface area contributed by atoms with Crippen molar-refractivity contribution in [2.75, 3.05) is 0 Å². The van der Waals surface area contributed by atoms with E-state index in [1.54, 1.807) is 6.92 Å². The Morgan fingerprint density at radius 2 is 1.83 bits per heavy atom. The first-order valence-corrected chi connectivity index (χ1v) is 10.7. The normalized spacial score (nSPS) is 19.9. The summed E-state index contributed by atoms with van der Waals surface area (Å²) in [5.41, 5.74) is 0.900. The quantitative estimate of drug-likeness (QED) is 0.522. The Bertz CT molecular complexity index is 660. The zero-order valence-corrected chi connectivity index (χ0v) is 17.3. The van der Waals surface area contributed by atoms with Crippen LogP contribution in [0, 0.1) is 11.8 Å². The first-order chi connectivity index (χ1) is 14.0. The molecule has 1 aromatic carbocycles. The summed E-state index contributed by atoms with van der Waals surface area (Å²) >= 11 is 0. The smallest absolute Gasteiger partial charge is 0.408 e. The fourth-order valence-corrected chi connectivity index (χ4v) is 4.12. The fraction of sp³-hybridized carbons (Fsp3) is 0.609. The third-order valence-electron chi connectivity index (χ3n) is 5.71. The maximum Gasteiger partial charge on any atom is 0.408 e.